The molecule has 0 bridgehead atoms. The van der Waals surface area contributed by atoms with Gasteiger partial charge in [-0.2, -0.15) is 4.31 Å². The first-order chi connectivity index (χ1) is 11.5. The topological polar surface area (TPSA) is 58.4 Å². The second-order valence-corrected chi connectivity index (χ2v) is 8.56. The number of aromatic nitrogens is 2. The summed E-state index contributed by atoms with van der Waals surface area (Å²) in [4.78, 5) is 6.45. The molecule has 4 rings (SSSR count). The number of hydrogen-bond acceptors (Lipinski definition) is 4. The van der Waals surface area contributed by atoms with Crippen molar-refractivity contribution >= 4 is 10.0 Å². The molecule has 0 spiro atoms. The van der Waals surface area contributed by atoms with E-state index in [2.05, 4.69) is 34.1 Å². The summed E-state index contributed by atoms with van der Waals surface area (Å²) in [7, 11) is -1.69. The molecule has 1 fully saturated rings. The van der Waals surface area contributed by atoms with Crippen LogP contribution in [0.2, 0.25) is 0 Å². The SMILES string of the molecule is Cn1cnc(S(=O)(=O)N2CCC(N3CCc4ccccc4C3)C2)c1. The molecule has 7 heteroatoms. The fourth-order valence-electron chi connectivity index (χ4n) is 3.71. The van der Waals surface area contributed by atoms with Crippen LogP contribution in [0.5, 0.6) is 0 Å². The Morgan fingerprint density at radius 1 is 1.17 bits per heavy atom. The Hall–Kier alpha value is -1.70. The molecule has 128 valence electrons. The van der Waals surface area contributed by atoms with Gasteiger partial charge in [-0.25, -0.2) is 13.4 Å². The highest BCUT2D eigenvalue weighted by Crippen LogP contribution is 2.27. The Bertz CT molecular complexity index is 846. The minimum atomic E-state index is -3.48. The molecule has 0 amide bonds. The van der Waals surface area contributed by atoms with Gasteiger partial charge in [0, 0.05) is 45.5 Å². The highest BCUT2D eigenvalue weighted by atomic mass is 32.2. The zero-order valence-corrected chi connectivity index (χ0v) is 14.6. The summed E-state index contributed by atoms with van der Waals surface area (Å²) in [6, 6.07) is 8.83. The van der Waals surface area contributed by atoms with Crippen LogP contribution < -0.4 is 0 Å². The van der Waals surface area contributed by atoms with Gasteiger partial charge >= 0.3 is 0 Å². The maximum Gasteiger partial charge on any atom is 0.262 e. The highest BCUT2D eigenvalue weighted by molar-refractivity contribution is 7.89. The van der Waals surface area contributed by atoms with Gasteiger partial charge in [0.2, 0.25) is 0 Å². The van der Waals surface area contributed by atoms with Crippen molar-refractivity contribution in [2.45, 2.75) is 30.5 Å². The average molecular weight is 346 g/mol. The zero-order valence-electron chi connectivity index (χ0n) is 13.8. The van der Waals surface area contributed by atoms with Crippen molar-refractivity contribution in [3.8, 4) is 0 Å². The summed E-state index contributed by atoms with van der Waals surface area (Å²) < 4.78 is 28.7. The molecule has 3 heterocycles. The van der Waals surface area contributed by atoms with Crippen molar-refractivity contribution in [3.05, 3.63) is 47.9 Å². The quantitative estimate of drug-likeness (QED) is 0.839. The third-order valence-corrected chi connectivity index (χ3v) is 6.84. The van der Waals surface area contributed by atoms with Crippen LogP contribution in [-0.4, -0.2) is 52.9 Å². The number of hydrogen-bond donors (Lipinski definition) is 0. The molecule has 0 aliphatic carbocycles. The molecule has 1 saturated heterocycles. The van der Waals surface area contributed by atoms with Gasteiger partial charge in [0.25, 0.3) is 10.0 Å². The third-order valence-electron chi connectivity index (χ3n) is 5.09. The lowest BCUT2D eigenvalue weighted by atomic mass is 9.98. The van der Waals surface area contributed by atoms with Crippen molar-refractivity contribution in [1.82, 2.24) is 18.8 Å². The molecule has 0 saturated carbocycles. The molecule has 24 heavy (non-hydrogen) atoms. The minimum Gasteiger partial charge on any atom is -0.339 e. The van der Waals surface area contributed by atoms with Gasteiger partial charge in [0.15, 0.2) is 5.03 Å². The van der Waals surface area contributed by atoms with Gasteiger partial charge in [-0.1, -0.05) is 24.3 Å². The van der Waals surface area contributed by atoms with Crippen LogP contribution in [0.3, 0.4) is 0 Å². The first kappa shape index (κ1) is 15.8. The molecule has 0 radical (unpaired) electrons. The fourth-order valence-corrected chi connectivity index (χ4v) is 5.17. The van der Waals surface area contributed by atoms with E-state index in [0.717, 1.165) is 25.9 Å². The highest BCUT2D eigenvalue weighted by Gasteiger charge is 2.37. The van der Waals surface area contributed by atoms with Crippen molar-refractivity contribution in [2.24, 2.45) is 7.05 Å². The number of sulfonamides is 1. The third kappa shape index (κ3) is 2.76. The van der Waals surface area contributed by atoms with E-state index in [4.69, 9.17) is 0 Å². The van der Waals surface area contributed by atoms with Crippen LogP contribution in [0.1, 0.15) is 17.5 Å². The maximum atomic E-state index is 12.7. The van der Waals surface area contributed by atoms with Crippen molar-refractivity contribution < 1.29 is 8.42 Å². The molecule has 2 aliphatic heterocycles. The van der Waals surface area contributed by atoms with E-state index in [1.165, 1.54) is 17.5 Å². The Morgan fingerprint density at radius 3 is 2.71 bits per heavy atom. The van der Waals surface area contributed by atoms with Crippen LogP contribution >= 0.6 is 0 Å². The van der Waals surface area contributed by atoms with Crippen LogP contribution in [-0.2, 0) is 30.0 Å². The Kier molecular flexibility index (Phi) is 3.94. The largest absolute Gasteiger partial charge is 0.339 e. The molecule has 0 N–H and O–H groups in total. The van der Waals surface area contributed by atoms with E-state index in [9.17, 15) is 8.42 Å². The zero-order chi connectivity index (χ0) is 16.7. The van der Waals surface area contributed by atoms with Gasteiger partial charge < -0.3 is 4.57 Å². The number of nitrogens with zero attached hydrogens (tertiary/aromatic N) is 4. The van der Waals surface area contributed by atoms with Crippen molar-refractivity contribution in [1.29, 1.82) is 0 Å². The van der Waals surface area contributed by atoms with Gasteiger partial charge in [0.1, 0.15) is 0 Å². The molecule has 6 nitrogen and oxygen atoms in total. The smallest absolute Gasteiger partial charge is 0.262 e. The van der Waals surface area contributed by atoms with E-state index < -0.39 is 10.0 Å². The van der Waals surface area contributed by atoms with Crippen molar-refractivity contribution in [2.75, 3.05) is 19.6 Å². The van der Waals surface area contributed by atoms with Crippen LogP contribution in [0.25, 0.3) is 0 Å². The average Bonchev–Trinajstić information content (AvgIpc) is 3.24. The number of benzene rings is 1. The summed E-state index contributed by atoms with van der Waals surface area (Å²) in [5.41, 5.74) is 2.79. The van der Waals surface area contributed by atoms with E-state index in [1.54, 1.807) is 22.1 Å². The molecular weight excluding hydrogens is 324 g/mol. The summed E-state index contributed by atoms with van der Waals surface area (Å²) >= 11 is 0. The monoisotopic (exact) mass is 346 g/mol. The van der Waals surface area contributed by atoms with Crippen LogP contribution in [0.15, 0.2) is 41.8 Å². The Morgan fingerprint density at radius 2 is 1.96 bits per heavy atom. The second kappa shape index (κ2) is 5.98. The van der Waals surface area contributed by atoms with Gasteiger partial charge in [0.05, 0.1) is 6.33 Å². The number of fused-ring (bicyclic) bond motifs is 1. The van der Waals surface area contributed by atoms with Crippen LogP contribution in [0.4, 0.5) is 0 Å². The van der Waals surface area contributed by atoms with Crippen molar-refractivity contribution in [3.63, 3.8) is 0 Å². The normalized spacial score (nSPS) is 22.6. The predicted molar refractivity (Wildman–Crippen MR) is 90.9 cm³/mol. The van der Waals surface area contributed by atoms with E-state index in [-0.39, 0.29) is 11.1 Å². The summed E-state index contributed by atoms with van der Waals surface area (Å²) in [6.45, 7) is 3.04. The fraction of sp³-hybridized carbons (Fsp3) is 0.471. The first-order valence-corrected chi connectivity index (χ1v) is 9.77. The summed E-state index contributed by atoms with van der Waals surface area (Å²) in [5.74, 6) is 0. The van der Waals surface area contributed by atoms with Gasteiger partial charge in [-0.15, -0.1) is 0 Å². The Balaban J connectivity index is 1.47. The summed E-state index contributed by atoms with van der Waals surface area (Å²) in [6.07, 6.45) is 5.02. The lowest BCUT2D eigenvalue weighted by Gasteiger charge is -2.33. The first-order valence-electron chi connectivity index (χ1n) is 8.33. The minimum absolute atomic E-state index is 0.148. The number of aryl methyl sites for hydroxylation is 1. The van der Waals surface area contributed by atoms with E-state index in [0.29, 0.717) is 13.1 Å². The molecule has 1 atom stereocenters. The van der Waals surface area contributed by atoms with Gasteiger partial charge in [-0.3, -0.25) is 4.90 Å². The van der Waals surface area contributed by atoms with E-state index >= 15 is 0 Å². The van der Waals surface area contributed by atoms with Crippen LogP contribution in [0, 0.1) is 0 Å². The molecule has 2 aliphatic rings. The lowest BCUT2D eigenvalue weighted by molar-refractivity contribution is 0.185. The Labute approximate surface area is 142 Å². The molecular formula is C17H22N4O2S. The molecule has 1 aromatic carbocycles. The summed E-state index contributed by atoms with van der Waals surface area (Å²) in [5, 5.41) is 0.148. The maximum absolute atomic E-state index is 12.7. The second-order valence-electron chi connectivity index (χ2n) is 6.67. The van der Waals surface area contributed by atoms with Gasteiger partial charge in [-0.05, 0) is 24.0 Å². The predicted octanol–water partition coefficient (Wildman–Crippen LogP) is 1.24. The molecule has 1 aromatic heterocycles. The molecule has 1 unspecified atom stereocenters. The van der Waals surface area contributed by atoms with E-state index in [1.807, 2.05) is 0 Å². The standard InChI is InChI=1S/C17H22N4O2S/c1-19-12-17(18-13-19)24(22,23)21-9-7-16(11-21)20-8-6-14-4-2-3-5-15(14)10-20/h2-5,12-13,16H,6-11H2,1H3. The number of rotatable bonds is 3. The lowest BCUT2D eigenvalue weighted by Crippen LogP contribution is -2.41. The molecule has 2 aromatic rings. The number of imidazole rings is 1.